The number of benzene rings is 1. The minimum absolute atomic E-state index is 0.209. The minimum atomic E-state index is -0.729. The highest BCUT2D eigenvalue weighted by Gasteiger charge is 2.34. The molecule has 1 saturated carbocycles. The largest absolute Gasteiger partial charge is 0.341 e. The van der Waals surface area contributed by atoms with Crippen LogP contribution in [0.1, 0.15) is 24.4 Å². The molecule has 2 aromatic heterocycles. The van der Waals surface area contributed by atoms with E-state index in [-0.39, 0.29) is 6.04 Å². The van der Waals surface area contributed by atoms with Crippen LogP contribution >= 0.6 is 11.6 Å². The maximum absolute atomic E-state index is 12.6. The number of carbonyl (C=O) groups is 2. The minimum Gasteiger partial charge on any atom is -0.341 e. The van der Waals surface area contributed by atoms with Crippen LogP contribution in [0.5, 0.6) is 0 Å². The predicted octanol–water partition coefficient (Wildman–Crippen LogP) is 3.34. The number of carbonyl (C=O) groups excluding carboxylic acids is 2. The Morgan fingerprint density at radius 1 is 1.10 bits per heavy atom. The first-order valence-corrected chi connectivity index (χ1v) is 9.70. The van der Waals surface area contributed by atoms with Crippen LogP contribution in [0.3, 0.4) is 0 Å². The topological polar surface area (TPSA) is 88.9 Å². The predicted molar refractivity (Wildman–Crippen MR) is 110 cm³/mol. The fourth-order valence-electron chi connectivity index (χ4n) is 3.26. The third-order valence-corrected chi connectivity index (χ3v) is 5.10. The van der Waals surface area contributed by atoms with Gasteiger partial charge in [-0.3, -0.25) is 19.3 Å². The third-order valence-electron chi connectivity index (χ3n) is 4.85. The lowest BCUT2D eigenvalue weighted by molar-refractivity contribution is -0.136. The van der Waals surface area contributed by atoms with Gasteiger partial charge in [-0.1, -0.05) is 23.7 Å². The van der Waals surface area contributed by atoms with Crippen molar-refractivity contribution >= 4 is 29.1 Å². The first-order valence-electron chi connectivity index (χ1n) is 9.32. The summed E-state index contributed by atoms with van der Waals surface area (Å²) in [4.78, 5) is 29.2. The zero-order chi connectivity index (χ0) is 20.4. The van der Waals surface area contributed by atoms with E-state index >= 15 is 0 Å². The fraction of sp³-hybridized carbons (Fsp3) is 0.238. The van der Waals surface area contributed by atoms with Crippen molar-refractivity contribution in [2.75, 3.05) is 5.32 Å². The number of halogens is 1. The van der Waals surface area contributed by atoms with Crippen LogP contribution in [-0.2, 0) is 16.6 Å². The van der Waals surface area contributed by atoms with E-state index in [0.717, 1.165) is 24.0 Å². The van der Waals surface area contributed by atoms with Crippen LogP contribution < -0.4 is 10.6 Å². The van der Waals surface area contributed by atoms with Crippen molar-refractivity contribution in [3.8, 4) is 11.3 Å². The van der Waals surface area contributed by atoms with Crippen molar-refractivity contribution in [2.45, 2.75) is 18.9 Å². The lowest BCUT2D eigenvalue weighted by atomic mass is 10.0. The summed E-state index contributed by atoms with van der Waals surface area (Å²) in [6.45, 7) is 0. The van der Waals surface area contributed by atoms with Gasteiger partial charge in [0.25, 0.3) is 0 Å². The molecule has 1 aliphatic rings. The Balaban J connectivity index is 1.49. The molecular formula is C21H20ClN5O2. The van der Waals surface area contributed by atoms with Gasteiger partial charge in [-0.2, -0.15) is 5.10 Å². The lowest BCUT2D eigenvalue weighted by Crippen LogP contribution is -2.38. The molecule has 1 atom stereocenters. The molecule has 1 fully saturated rings. The third kappa shape index (κ3) is 4.46. The molecule has 0 saturated heterocycles. The van der Waals surface area contributed by atoms with Crippen LogP contribution in [0.25, 0.3) is 11.3 Å². The van der Waals surface area contributed by atoms with E-state index in [4.69, 9.17) is 11.6 Å². The molecule has 1 aromatic carbocycles. The number of anilines is 1. The fourth-order valence-corrected chi connectivity index (χ4v) is 3.39. The van der Waals surface area contributed by atoms with E-state index in [2.05, 4.69) is 20.7 Å². The summed E-state index contributed by atoms with van der Waals surface area (Å²) in [6, 6.07) is 10.7. The molecule has 0 radical (unpaired) electrons. The van der Waals surface area contributed by atoms with Crippen molar-refractivity contribution in [3.05, 3.63) is 65.6 Å². The molecule has 7 nitrogen and oxygen atoms in total. The highest BCUT2D eigenvalue weighted by molar-refractivity contribution is 6.40. The number of hydrogen-bond donors (Lipinski definition) is 2. The maximum Gasteiger partial charge on any atom is 0.313 e. The quantitative estimate of drug-likeness (QED) is 0.632. The van der Waals surface area contributed by atoms with Crippen LogP contribution in [0.4, 0.5) is 5.69 Å². The Kier molecular flexibility index (Phi) is 5.31. The number of hydrogen-bond acceptors (Lipinski definition) is 4. The number of nitrogens with one attached hydrogen (secondary N) is 2. The molecule has 2 N–H and O–H groups in total. The van der Waals surface area contributed by atoms with E-state index in [9.17, 15) is 9.59 Å². The van der Waals surface area contributed by atoms with E-state index in [1.54, 1.807) is 54.6 Å². The lowest BCUT2D eigenvalue weighted by Gasteiger charge is -2.18. The Hall–Kier alpha value is -3.19. The molecule has 2 amide bonds. The number of aryl methyl sites for hydroxylation is 1. The Labute approximate surface area is 173 Å². The van der Waals surface area contributed by atoms with Gasteiger partial charge in [0.2, 0.25) is 0 Å². The van der Waals surface area contributed by atoms with Crippen molar-refractivity contribution < 1.29 is 9.59 Å². The normalized spacial score (nSPS) is 14.3. The first kappa shape index (κ1) is 19.1. The Bertz CT molecular complexity index is 1030. The van der Waals surface area contributed by atoms with E-state index in [1.165, 1.54) is 0 Å². The zero-order valence-corrected chi connectivity index (χ0v) is 16.6. The van der Waals surface area contributed by atoms with Gasteiger partial charge in [0.15, 0.2) is 0 Å². The maximum atomic E-state index is 12.6. The number of amides is 2. The van der Waals surface area contributed by atoms with Gasteiger partial charge >= 0.3 is 11.8 Å². The van der Waals surface area contributed by atoms with Crippen LogP contribution in [0, 0.1) is 5.92 Å². The smallest absolute Gasteiger partial charge is 0.313 e. The number of aromatic nitrogens is 3. The zero-order valence-electron chi connectivity index (χ0n) is 15.8. The monoisotopic (exact) mass is 409 g/mol. The molecule has 3 aromatic rings. The molecule has 4 rings (SSSR count). The summed E-state index contributed by atoms with van der Waals surface area (Å²) < 4.78 is 1.59. The van der Waals surface area contributed by atoms with E-state index in [0.29, 0.717) is 22.3 Å². The summed E-state index contributed by atoms with van der Waals surface area (Å²) in [5.41, 5.74) is 2.78. The second kappa shape index (κ2) is 8.05. The molecule has 0 bridgehead atoms. The van der Waals surface area contributed by atoms with Gasteiger partial charge in [0, 0.05) is 36.2 Å². The molecule has 0 unspecified atom stereocenters. The number of rotatable bonds is 5. The molecule has 148 valence electrons. The number of nitrogens with zero attached hydrogens (tertiary/aromatic N) is 3. The van der Waals surface area contributed by atoms with Gasteiger partial charge in [0.1, 0.15) is 5.69 Å². The van der Waals surface area contributed by atoms with Gasteiger partial charge in [-0.15, -0.1) is 0 Å². The molecule has 29 heavy (non-hydrogen) atoms. The Morgan fingerprint density at radius 2 is 1.79 bits per heavy atom. The van der Waals surface area contributed by atoms with Crippen molar-refractivity contribution in [1.29, 1.82) is 0 Å². The van der Waals surface area contributed by atoms with E-state index in [1.807, 2.05) is 12.1 Å². The summed E-state index contributed by atoms with van der Waals surface area (Å²) in [5.74, 6) is -1.08. The summed E-state index contributed by atoms with van der Waals surface area (Å²) in [5, 5.41) is 10.6. The van der Waals surface area contributed by atoms with Crippen molar-refractivity contribution in [3.63, 3.8) is 0 Å². The van der Waals surface area contributed by atoms with Gasteiger partial charge < -0.3 is 10.6 Å². The molecule has 8 heteroatoms. The first-order chi connectivity index (χ1) is 14.0. The summed E-state index contributed by atoms with van der Waals surface area (Å²) in [6.07, 6.45) is 7.00. The molecule has 1 aliphatic carbocycles. The van der Waals surface area contributed by atoms with Crippen LogP contribution in [-0.4, -0.2) is 26.6 Å². The van der Waals surface area contributed by atoms with Crippen LogP contribution in [0.15, 0.2) is 55.0 Å². The Morgan fingerprint density at radius 3 is 2.45 bits per heavy atom. The molecule has 0 spiro atoms. The van der Waals surface area contributed by atoms with Crippen molar-refractivity contribution in [1.82, 2.24) is 20.1 Å². The number of pyridine rings is 1. The summed E-state index contributed by atoms with van der Waals surface area (Å²) >= 11 is 5.96. The van der Waals surface area contributed by atoms with Crippen LogP contribution in [0.2, 0.25) is 5.02 Å². The highest BCUT2D eigenvalue weighted by Crippen LogP contribution is 2.41. The molecule has 0 aliphatic heterocycles. The van der Waals surface area contributed by atoms with Gasteiger partial charge in [-0.05, 0) is 48.6 Å². The second-order valence-electron chi connectivity index (χ2n) is 7.10. The van der Waals surface area contributed by atoms with Gasteiger partial charge in [0.05, 0.1) is 11.7 Å². The van der Waals surface area contributed by atoms with E-state index < -0.39 is 11.8 Å². The average molecular weight is 410 g/mol. The SMILES string of the molecule is Cn1cc(NC(=O)C(=O)N[C@H](c2ccc(Cl)cc2)C2CC2)c(-c2ccncc2)n1. The molecular weight excluding hydrogens is 390 g/mol. The summed E-state index contributed by atoms with van der Waals surface area (Å²) in [7, 11) is 1.75. The molecule has 2 heterocycles. The highest BCUT2D eigenvalue weighted by atomic mass is 35.5. The second-order valence-corrected chi connectivity index (χ2v) is 7.53. The van der Waals surface area contributed by atoms with Gasteiger partial charge in [-0.25, -0.2) is 0 Å². The standard InChI is InChI=1S/C21H20ClN5O2/c1-27-12-17(19(26-27)15-8-10-23-11-9-15)24-20(28)21(29)25-18(13-2-3-13)14-4-6-16(22)7-5-14/h4-13,18H,2-3H2,1H3,(H,24,28)(H,25,29)/t18-/m0/s1. The average Bonchev–Trinajstić information content (AvgIpc) is 3.50. The van der Waals surface area contributed by atoms with Crippen molar-refractivity contribution in [2.24, 2.45) is 13.0 Å².